The van der Waals surface area contributed by atoms with E-state index in [2.05, 4.69) is 69.2 Å². The minimum absolute atomic E-state index is 0.163. The summed E-state index contributed by atoms with van der Waals surface area (Å²) in [5.41, 5.74) is -0.327. The van der Waals surface area contributed by atoms with Crippen molar-refractivity contribution in [2.24, 2.45) is 22.7 Å². The summed E-state index contributed by atoms with van der Waals surface area (Å²) in [6, 6.07) is 0. The third-order valence-corrected chi connectivity index (χ3v) is 6.31. The molecule has 4 unspecified atom stereocenters. The van der Waals surface area contributed by atoms with E-state index in [0.717, 1.165) is 51.4 Å². The Kier molecular flexibility index (Phi) is 14.1. The number of unbranched alkanes of at least 4 members (excludes halogenated alkanes) is 2. The van der Waals surface area contributed by atoms with Gasteiger partial charge < -0.3 is 9.47 Å². The Balaban J connectivity index is 5.26. The second kappa shape index (κ2) is 14.8. The van der Waals surface area contributed by atoms with E-state index in [1.54, 1.807) is 0 Å². The Morgan fingerprint density at radius 3 is 1.19 bits per heavy atom. The normalized spacial score (nSPS) is 16.4. The molecule has 0 aromatic heterocycles. The maximum atomic E-state index is 12.6. The minimum Gasteiger partial charge on any atom is -0.458 e. The van der Waals surface area contributed by atoms with Crippen molar-refractivity contribution in [2.45, 2.75) is 133 Å². The van der Waals surface area contributed by atoms with Crippen LogP contribution in [0.5, 0.6) is 0 Å². The summed E-state index contributed by atoms with van der Waals surface area (Å²) in [7, 11) is 0. The zero-order valence-corrected chi connectivity index (χ0v) is 22.8. The van der Waals surface area contributed by atoms with Crippen LogP contribution in [0.25, 0.3) is 0 Å². The van der Waals surface area contributed by atoms with Crippen LogP contribution in [0.2, 0.25) is 0 Å². The fourth-order valence-electron chi connectivity index (χ4n) is 4.50. The number of hydrogen-bond acceptors (Lipinski definition) is 4. The number of ether oxygens (including phenoxy) is 2. The van der Waals surface area contributed by atoms with Crippen molar-refractivity contribution in [1.29, 1.82) is 0 Å². The molecule has 0 aliphatic carbocycles. The molecule has 4 heteroatoms. The molecule has 0 heterocycles. The Morgan fingerprint density at radius 2 is 0.969 bits per heavy atom. The largest absolute Gasteiger partial charge is 0.458 e. The van der Waals surface area contributed by atoms with Crippen LogP contribution < -0.4 is 0 Å². The van der Waals surface area contributed by atoms with Gasteiger partial charge in [0.05, 0.1) is 0 Å². The second-order valence-electron chi connectivity index (χ2n) is 11.4. The molecule has 0 rings (SSSR count). The molecule has 0 aliphatic heterocycles. The van der Waals surface area contributed by atoms with Gasteiger partial charge in [-0.2, -0.15) is 0 Å². The van der Waals surface area contributed by atoms with Crippen LogP contribution in [0.4, 0.5) is 0 Å². The van der Waals surface area contributed by atoms with E-state index in [0.29, 0.717) is 11.8 Å². The van der Waals surface area contributed by atoms with Gasteiger partial charge in [-0.3, -0.25) is 0 Å². The van der Waals surface area contributed by atoms with Gasteiger partial charge in [-0.25, -0.2) is 9.59 Å². The van der Waals surface area contributed by atoms with Crippen LogP contribution in [0, 0.1) is 22.7 Å². The topological polar surface area (TPSA) is 52.6 Å². The van der Waals surface area contributed by atoms with Gasteiger partial charge >= 0.3 is 11.9 Å². The van der Waals surface area contributed by atoms with Gasteiger partial charge in [-0.05, 0) is 48.3 Å². The lowest BCUT2D eigenvalue weighted by atomic mass is 9.78. The summed E-state index contributed by atoms with van der Waals surface area (Å²) in [5, 5.41) is 0. The van der Waals surface area contributed by atoms with Crippen LogP contribution in [-0.2, 0) is 19.1 Å². The SMILES string of the molecule is CCCCC(CC)C(OC(=O)/C=C/C(=O)OC(C(CC)CCCC)C(C)(C)C)C(C)(C)C. The maximum absolute atomic E-state index is 12.6. The predicted octanol–water partition coefficient (Wildman–Crippen LogP) is 7.89. The van der Waals surface area contributed by atoms with Crippen molar-refractivity contribution in [3.05, 3.63) is 12.2 Å². The van der Waals surface area contributed by atoms with Crippen LogP contribution in [0.15, 0.2) is 12.2 Å². The average molecular weight is 453 g/mol. The Labute approximate surface area is 198 Å². The summed E-state index contributed by atoms with van der Waals surface area (Å²) >= 11 is 0. The van der Waals surface area contributed by atoms with Crippen molar-refractivity contribution in [3.63, 3.8) is 0 Å². The number of rotatable bonds is 14. The molecule has 0 aromatic rings. The fraction of sp³-hybridized carbons (Fsp3) is 0.857. The Hall–Kier alpha value is -1.32. The highest BCUT2D eigenvalue weighted by Gasteiger charge is 2.35. The molecule has 0 aliphatic rings. The van der Waals surface area contributed by atoms with Gasteiger partial charge in [0, 0.05) is 12.2 Å². The van der Waals surface area contributed by atoms with Crippen molar-refractivity contribution < 1.29 is 19.1 Å². The minimum atomic E-state index is -0.470. The van der Waals surface area contributed by atoms with Gasteiger partial charge in [0.2, 0.25) is 0 Å². The summed E-state index contributed by atoms with van der Waals surface area (Å²) in [6.45, 7) is 21.3. The molecule has 188 valence electrons. The first-order valence-electron chi connectivity index (χ1n) is 12.9. The zero-order chi connectivity index (χ0) is 24.9. The van der Waals surface area contributed by atoms with Crippen molar-refractivity contribution in [3.8, 4) is 0 Å². The lowest BCUT2D eigenvalue weighted by Gasteiger charge is -2.36. The van der Waals surface area contributed by atoms with E-state index in [-0.39, 0.29) is 23.0 Å². The number of carbonyl (C=O) groups excluding carboxylic acids is 2. The maximum Gasteiger partial charge on any atom is 0.331 e. The molecule has 0 saturated heterocycles. The zero-order valence-electron chi connectivity index (χ0n) is 22.8. The molecule has 0 N–H and O–H groups in total. The highest BCUT2D eigenvalue weighted by Crippen LogP contribution is 2.34. The van der Waals surface area contributed by atoms with Crippen LogP contribution in [0.3, 0.4) is 0 Å². The van der Waals surface area contributed by atoms with Crippen molar-refractivity contribution in [1.82, 2.24) is 0 Å². The molecule has 4 nitrogen and oxygen atoms in total. The molecule has 32 heavy (non-hydrogen) atoms. The lowest BCUT2D eigenvalue weighted by molar-refractivity contribution is -0.156. The molecule has 0 spiro atoms. The fourth-order valence-corrected chi connectivity index (χ4v) is 4.50. The summed E-state index contributed by atoms with van der Waals surface area (Å²) in [6.07, 6.45) is 10.6. The van der Waals surface area contributed by atoms with Gasteiger partial charge in [0.15, 0.2) is 0 Å². The van der Waals surface area contributed by atoms with E-state index in [1.165, 1.54) is 12.2 Å². The van der Waals surface area contributed by atoms with E-state index in [1.807, 2.05) is 0 Å². The molecular weight excluding hydrogens is 400 g/mol. The third kappa shape index (κ3) is 11.5. The third-order valence-electron chi connectivity index (χ3n) is 6.31. The van der Waals surface area contributed by atoms with Crippen LogP contribution in [-0.4, -0.2) is 24.1 Å². The van der Waals surface area contributed by atoms with Gasteiger partial charge in [-0.15, -0.1) is 0 Å². The van der Waals surface area contributed by atoms with Crippen molar-refractivity contribution in [2.75, 3.05) is 0 Å². The lowest BCUT2D eigenvalue weighted by Crippen LogP contribution is -2.38. The molecular formula is C28H52O4. The van der Waals surface area contributed by atoms with Gasteiger partial charge in [0.1, 0.15) is 12.2 Å². The van der Waals surface area contributed by atoms with E-state index < -0.39 is 11.9 Å². The number of carbonyl (C=O) groups is 2. The number of esters is 2. The molecule has 0 radical (unpaired) electrons. The van der Waals surface area contributed by atoms with Crippen LogP contribution in [0.1, 0.15) is 121 Å². The first-order chi connectivity index (χ1) is 14.8. The molecule has 0 fully saturated rings. The Bertz CT molecular complexity index is 515. The van der Waals surface area contributed by atoms with Crippen LogP contribution >= 0.6 is 0 Å². The van der Waals surface area contributed by atoms with Gasteiger partial charge in [-0.1, -0.05) is 94.9 Å². The summed E-state index contributed by atoms with van der Waals surface area (Å²) < 4.78 is 11.8. The van der Waals surface area contributed by atoms with E-state index in [4.69, 9.17) is 9.47 Å². The first kappa shape index (κ1) is 30.7. The molecule has 0 saturated carbocycles. The monoisotopic (exact) mass is 452 g/mol. The smallest absolute Gasteiger partial charge is 0.331 e. The average Bonchev–Trinajstić information content (AvgIpc) is 2.69. The molecule has 4 atom stereocenters. The van der Waals surface area contributed by atoms with Gasteiger partial charge in [0.25, 0.3) is 0 Å². The molecule has 0 bridgehead atoms. The molecule has 0 aromatic carbocycles. The Morgan fingerprint density at radius 1 is 0.656 bits per heavy atom. The van der Waals surface area contributed by atoms with E-state index >= 15 is 0 Å². The predicted molar refractivity (Wildman–Crippen MR) is 134 cm³/mol. The van der Waals surface area contributed by atoms with Crippen molar-refractivity contribution >= 4 is 11.9 Å². The number of hydrogen-bond donors (Lipinski definition) is 0. The second-order valence-corrected chi connectivity index (χ2v) is 11.4. The summed E-state index contributed by atoms with van der Waals surface area (Å²) in [5.74, 6) is -0.314. The first-order valence-corrected chi connectivity index (χ1v) is 12.9. The standard InChI is InChI=1S/C28H52O4/c1-11-15-17-21(13-3)25(27(5,6)7)31-23(29)19-20-24(30)32-26(28(8,9)10)22(14-4)18-16-12-2/h19-22,25-26H,11-18H2,1-10H3/b20-19+. The highest BCUT2D eigenvalue weighted by atomic mass is 16.6. The highest BCUT2D eigenvalue weighted by molar-refractivity contribution is 5.91. The quantitative estimate of drug-likeness (QED) is 0.198. The summed E-state index contributed by atoms with van der Waals surface area (Å²) in [4.78, 5) is 25.2. The molecule has 0 amide bonds. The van der Waals surface area contributed by atoms with E-state index in [9.17, 15) is 9.59 Å².